The summed E-state index contributed by atoms with van der Waals surface area (Å²) >= 11 is 1.53. The van der Waals surface area contributed by atoms with Gasteiger partial charge in [0.25, 0.3) is 11.8 Å². The Morgan fingerprint density at radius 2 is 1.36 bits per heavy atom. The van der Waals surface area contributed by atoms with Gasteiger partial charge in [-0.2, -0.15) is 0 Å². The molecule has 28 heavy (non-hydrogen) atoms. The molecule has 0 unspecified atom stereocenters. The molecule has 150 valence electrons. The van der Waals surface area contributed by atoms with Crippen molar-refractivity contribution >= 4 is 23.6 Å². The third kappa shape index (κ3) is 4.61. The highest BCUT2D eigenvalue weighted by Gasteiger charge is 2.18. The van der Waals surface area contributed by atoms with Crippen LogP contribution in [0.5, 0.6) is 23.0 Å². The lowest BCUT2D eigenvalue weighted by Gasteiger charge is -2.15. The Hall–Kier alpha value is -3.07. The number of ether oxygens (including phenoxy) is 4. The molecular formula is C19H22N2O6S. The summed E-state index contributed by atoms with van der Waals surface area (Å²) in [6.07, 6.45) is 1.92. The van der Waals surface area contributed by atoms with Crippen LogP contribution in [0.15, 0.2) is 35.2 Å². The van der Waals surface area contributed by atoms with Gasteiger partial charge in [-0.15, -0.1) is 11.8 Å². The number of thioether (sulfide) groups is 1. The second kappa shape index (κ2) is 9.75. The van der Waals surface area contributed by atoms with E-state index < -0.39 is 11.8 Å². The van der Waals surface area contributed by atoms with Crippen LogP contribution in [0, 0.1) is 0 Å². The minimum Gasteiger partial charge on any atom is -0.496 e. The number of hydrogen-bond donors (Lipinski definition) is 2. The van der Waals surface area contributed by atoms with E-state index in [0.717, 1.165) is 4.90 Å². The molecule has 0 aliphatic heterocycles. The predicted molar refractivity (Wildman–Crippen MR) is 106 cm³/mol. The number of amides is 2. The molecule has 2 amide bonds. The van der Waals surface area contributed by atoms with E-state index in [4.69, 9.17) is 18.9 Å². The zero-order chi connectivity index (χ0) is 20.7. The molecule has 9 heteroatoms. The van der Waals surface area contributed by atoms with Crippen molar-refractivity contribution in [3.63, 3.8) is 0 Å². The van der Waals surface area contributed by atoms with Crippen LogP contribution >= 0.6 is 11.8 Å². The van der Waals surface area contributed by atoms with E-state index in [9.17, 15) is 9.59 Å². The number of hydrogen-bond acceptors (Lipinski definition) is 7. The maximum atomic E-state index is 12.5. The topological polar surface area (TPSA) is 95.1 Å². The Bertz CT molecular complexity index is 846. The summed E-state index contributed by atoms with van der Waals surface area (Å²) in [6, 6.07) is 8.14. The number of methoxy groups -OCH3 is 4. The quantitative estimate of drug-likeness (QED) is 0.539. The first-order valence-electron chi connectivity index (χ1n) is 8.11. The molecule has 0 heterocycles. The summed E-state index contributed by atoms with van der Waals surface area (Å²) in [7, 11) is 5.84. The lowest BCUT2D eigenvalue weighted by atomic mass is 10.1. The van der Waals surface area contributed by atoms with Crippen molar-refractivity contribution in [1.82, 2.24) is 10.9 Å². The fourth-order valence-corrected chi connectivity index (χ4v) is 2.88. The molecule has 0 spiro atoms. The fraction of sp³-hybridized carbons (Fsp3) is 0.263. The van der Waals surface area contributed by atoms with Crippen LogP contribution in [-0.2, 0) is 0 Å². The van der Waals surface area contributed by atoms with Gasteiger partial charge in [-0.25, -0.2) is 0 Å². The molecular weight excluding hydrogens is 384 g/mol. The van der Waals surface area contributed by atoms with Crippen molar-refractivity contribution in [2.45, 2.75) is 4.90 Å². The maximum Gasteiger partial charge on any atom is 0.273 e. The van der Waals surface area contributed by atoms with Gasteiger partial charge in [-0.05, 0) is 36.6 Å². The molecule has 8 nitrogen and oxygen atoms in total. The van der Waals surface area contributed by atoms with Gasteiger partial charge in [0.1, 0.15) is 5.75 Å². The number of benzene rings is 2. The summed E-state index contributed by atoms with van der Waals surface area (Å²) < 4.78 is 20.9. The molecule has 2 rings (SSSR count). The van der Waals surface area contributed by atoms with Crippen molar-refractivity contribution < 1.29 is 28.5 Å². The predicted octanol–water partition coefficient (Wildman–Crippen LogP) is 2.52. The first-order chi connectivity index (χ1) is 13.5. The molecule has 2 aromatic carbocycles. The third-order valence-corrected chi connectivity index (χ3v) is 4.60. The van der Waals surface area contributed by atoms with Crippen LogP contribution in [0.2, 0.25) is 0 Å². The van der Waals surface area contributed by atoms with Crippen molar-refractivity contribution in [2.75, 3.05) is 34.7 Å². The molecule has 0 radical (unpaired) electrons. The van der Waals surface area contributed by atoms with Gasteiger partial charge >= 0.3 is 0 Å². The Kier molecular flexibility index (Phi) is 7.39. The van der Waals surface area contributed by atoms with Crippen LogP contribution in [-0.4, -0.2) is 46.5 Å². The summed E-state index contributed by atoms with van der Waals surface area (Å²) in [5, 5.41) is 0. The number of nitrogens with one attached hydrogen (secondary N) is 2. The zero-order valence-electron chi connectivity index (χ0n) is 16.2. The molecule has 2 aromatic rings. The van der Waals surface area contributed by atoms with Crippen molar-refractivity contribution in [3.8, 4) is 23.0 Å². The van der Waals surface area contributed by atoms with E-state index >= 15 is 0 Å². The second-order valence-corrected chi connectivity index (χ2v) is 6.27. The third-order valence-electron chi connectivity index (χ3n) is 3.87. The summed E-state index contributed by atoms with van der Waals surface area (Å²) in [5.74, 6) is 0.369. The molecule has 0 aromatic heterocycles. The van der Waals surface area contributed by atoms with Gasteiger partial charge in [-0.3, -0.25) is 20.4 Å². The average molecular weight is 406 g/mol. The number of carbonyl (C=O) groups excluding carboxylic acids is 2. The highest BCUT2D eigenvalue weighted by Crippen LogP contribution is 2.38. The number of carbonyl (C=O) groups is 2. The molecule has 0 atom stereocenters. The highest BCUT2D eigenvalue weighted by molar-refractivity contribution is 7.98. The smallest absolute Gasteiger partial charge is 0.273 e. The molecule has 0 saturated heterocycles. The molecule has 0 bridgehead atoms. The van der Waals surface area contributed by atoms with E-state index in [1.54, 1.807) is 18.2 Å². The van der Waals surface area contributed by atoms with Gasteiger partial charge in [0.05, 0.1) is 34.0 Å². The van der Waals surface area contributed by atoms with Crippen molar-refractivity contribution in [2.24, 2.45) is 0 Å². The Morgan fingerprint density at radius 1 is 0.786 bits per heavy atom. The lowest BCUT2D eigenvalue weighted by Crippen LogP contribution is -2.41. The first-order valence-corrected chi connectivity index (χ1v) is 9.34. The van der Waals surface area contributed by atoms with Gasteiger partial charge in [0.15, 0.2) is 11.5 Å². The molecule has 0 saturated carbocycles. The Balaban J connectivity index is 2.17. The van der Waals surface area contributed by atoms with E-state index in [-0.39, 0.29) is 5.56 Å². The van der Waals surface area contributed by atoms with E-state index in [0.29, 0.717) is 28.6 Å². The van der Waals surface area contributed by atoms with E-state index in [1.165, 1.54) is 52.3 Å². The Labute approximate surface area is 167 Å². The fourth-order valence-electron chi connectivity index (χ4n) is 2.45. The lowest BCUT2D eigenvalue weighted by molar-refractivity contribution is 0.0844. The summed E-state index contributed by atoms with van der Waals surface area (Å²) in [6.45, 7) is 0. The summed E-state index contributed by atoms with van der Waals surface area (Å²) in [4.78, 5) is 25.8. The molecule has 0 fully saturated rings. The first kappa shape index (κ1) is 21.2. The SMILES string of the molecule is COc1cc(SC)ccc1C(=O)NNC(=O)c1cc(OC)c(OC)c(OC)c1. The van der Waals surface area contributed by atoms with Gasteiger partial charge in [0, 0.05) is 10.5 Å². The minimum atomic E-state index is -0.549. The monoisotopic (exact) mass is 406 g/mol. The normalized spacial score (nSPS) is 10.0. The second-order valence-electron chi connectivity index (χ2n) is 5.39. The minimum absolute atomic E-state index is 0.222. The molecule has 0 aliphatic carbocycles. The largest absolute Gasteiger partial charge is 0.496 e. The maximum absolute atomic E-state index is 12.5. The number of rotatable bonds is 7. The van der Waals surface area contributed by atoms with Gasteiger partial charge in [0.2, 0.25) is 5.75 Å². The van der Waals surface area contributed by atoms with Crippen LogP contribution < -0.4 is 29.8 Å². The van der Waals surface area contributed by atoms with Crippen molar-refractivity contribution in [3.05, 3.63) is 41.5 Å². The number of hydrazine groups is 1. The summed E-state index contributed by atoms with van der Waals surface area (Å²) in [5.41, 5.74) is 5.26. The van der Waals surface area contributed by atoms with Crippen LogP contribution in [0.3, 0.4) is 0 Å². The average Bonchev–Trinajstić information content (AvgIpc) is 2.75. The van der Waals surface area contributed by atoms with Gasteiger partial charge < -0.3 is 18.9 Å². The molecule has 2 N–H and O–H groups in total. The van der Waals surface area contributed by atoms with Crippen LogP contribution in [0.25, 0.3) is 0 Å². The van der Waals surface area contributed by atoms with Crippen LogP contribution in [0.1, 0.15) is 20.7 Å². The zero-order valence-corrected chi connectivity index (χ0v) is 17.1. The molecule has 0 aliphatic rings. The highest BCUT2D eigenvalue weighted by atomic mass is 32.2. The van der Waals surface area contributed by atoms with E-state index in [2.05, 4.69) is 10.9 Å². The van der Waals surface area contributed by atoms with Crippen LogP contribution in [0.4, 0.5) is 0 Å². The van der Waals surface area contributed by atoms with Gasteiger partial charge in [-0.1, -0.05) is 0 Å². The Morgan fingerprint density at radius 3 is 1.86 bits per heavy atom. The van der Waals surface area contributed by atoms with Crippen molar-refractivity contribution in [1.29, 1.82) is 0 Å². The standard InChI is InChI=1S/C19H22N2O6S/c1-24-14-10-12(28-5)6-7-13(14)19(23)21-20-18(22)11-8-15(25-2)17(27-4)16(9-11)26-3/h6-10H,1-5H3,(H,20,22)(H,21,23). The van der Waals surface area contributed by atoms with E-state index in [1.807, 2.05) is 6.26 Å².